The summed E-state index contributed by atoms with van der Waals surface area (Å²) in [5.74, 6) is 0.532. The van der Waals surface area contributed by atoms with Crippen molar-refractivity contribution >= 4 is 17.5 Å². The molecule has 3 rings (SSSR count). The van der Waals surface area contributed by atoms with E-state index in [-0.39, 0.29) is 11.8 Å². The van der Waals surface area contributed by atoms with Gasteiger partial charge in [0.15, 0.2) is 0 Å². The standard InChI is InChI=1S/C23H23N3O3/c1-2-29-21-11-7-17(8-12-21)14-22(27)25-15-18-5-9-20(10-6-18)26-23(28)19-4-3-13-24-16-19/h3-13,16H,2,14-15H2,1H3,(H,25,27)(H,26,28). The van der Waals surface area contributed by atoms with Gasteiger partial charge in [0, 0.05) is 24.6 Å². The predicted octanol–water partition coefficient (Wildman–Crippen LogP) is 3.59. The van der Waals surface area contributed by atoms with Gasteiger partial charge in [-0.15, -0.1) is 0 Å². The molecule has 6 nitrogen and oxygen atoms in total. The van der Waals surface area contributed by atoms with Crippen molar-refractivity contribution in [1.82, 2.24) is 10.3 Å². The number of amides is 2. The molecular formula is C23H23N3O3. The quantitative estimate of drug-likeness (QED) is 0.617. The molecule has 0 saturated heterocycles. The molecule has 148 valence electrons. The van der Waals surface area contributed by atoms with Gasteiger partial charge in [-0.25, -0.2) is 0 Å². The maximum atomic E-state index is 12.2. The summed E-state index contributed by atoms with van der Waals surface area (Å²) in [6.07, 6.45) is 3.45. The molecule has 0 saturated carbocycles. The lowest BCUT2D eigenvalue weighted by molar-refractivity contribution is -0.120. The number of rotatable bonds is 8. The largest absolute Gasteiger partial charge is 0.494 e. The number of hydrogen-bond acceptors (Lipinski definition) is 4. The highest BCUT2D eigenvalue weighted by molar-refractivity contribution is 6.04. The first kappa shape index (κ1) is 20.1. The lowest BCUT2D eigenvalue weighted by atomic mass is 10.1. The average Bonchev–Trinajstić information content (AvgIpc) is 2.75. The number of pyridine rings is 1. The maximum Gasteiger partial charge on any atom is 0.257 e. The van der Waals surface area contributed by atoms with Crippen LogP contribution in [-0.2, 0) is 17.8 Å². The van der Waals surface area contributed by atoms with E-state index in [4.69, 9.17) is 4.74 Å². The molecule has 1 aromatic heterocycles. The smallest absolute Gasteiger partial charge is 0.257 e. The third-order valence-electron chi connectivity index (χ3n) is 4.22. The number of anilines is 1. The lowest BCUT2D eigenvalue weighted by Gasteiger charge is -2.08. The second-order valence-corrected chi connectivity index (χ2v) is 6.42. The van der Waals surface area contributed by atoms with Gasteiger partial charge in [0.05, 0.1) is 18.6 Å². The Bertz CT molecular complexity index is 939. The lowest BCUT2D eigenvalue weighted by Crippen LogP contribution is -2.24. The SMILES string of the molecule is CCOc1ccc(CC(=O)NCc2ccc(NC(=O)c3cccnc3)cc2)cc1. The number of aromatic nitrogens is 1. The molecule has 6 heteroatoms. The normalized spacial score (nSPS) is 10.2. The van der Waals surface area contributed by atoms with Gasteiger partial charge in [0.1, 0.15) is 5.75 Å². The minimum Gasteiger partial charge on any atom is -0.494 e. The minimum atomic E-state index is -0.213. The maximum absolute atomic E-state index is 12.2. The second kappa shape index (κ2) is 10.0. The molecule has 2 aromatic carbocycles. The number of ether oxygens (including phenoxy) is 1. The number of carbonyl (C=O) groups is 2. The fourth-order valence-electron chi connectivity index (χ4n) is 2.73. The molecule has 0 radical (unpaired) electrons. The molecule has 1 heterocycles. The molecule has 0 aliphatic rings. The number of hydrogen-bond donors (Lipinski definition) is 2. The molecule has 3 aromatic rings. The third kappa shape index (κ3) is 6.17. The summed E-state index contributed by atoms with van der Waals surface area (Å²) < 4.78 is 5.40. The van der Waals surface area contributed by atoms with Crippen LogP contribution in [0.3, 0.4) is 0 Å². The molecule has 0 atom stereocenters. The number of carbonyl (C=O) groups excluding carboxylic acids is 2. The van der Waals surface area contributed by atoms with Crippen molar-refractivity contribution in [2.75, 3.05) is 11.9 Å². The Labute approximate surface area is 169 Å². The van der Waals surface area contributed by atoms with Crippen LogP contribution < -0.4 is 15.4 Å². The van der Waals surface area contributed by atoms with E-state index >= 15 is 0 Å². The Morgan fingerprint density at radius 2 is 1.69 bits per heavy atom. The number of nitrogens with zero attached hydrogens (tertiary/aromatic N) is 1. The molecule has 2 amide bonds. The highest BCUT2D eigenvalue weighted by atomic mass is 16.5. The van der Waals surface area contributed by atoms with Crippen molar-refractivity contribution in [3.8, 4) is 5.75 Å². The van der Waals surface area contributed by atoms with Crippen LogP contribution in [0.2, 0.25) is 0 Å². The van der Waals surface area contributed by atoms with Crippen molar-refractivity contribution < 1.29 is 14.3 Å². The van der Waals surface area contributed by atoms with E-state index in [1.54, 1.807) is 18.3 Å². The first-order valence-corrected chi connectivity index (χ1v) is 9.43. The average molecular weight is 389 g/mol. The zero-order valence-corrected chi connectivity index (χ0v) is 16.2. The number of benzene rings is 2. The number of nitrogens with one attached hydrogen (secondary N) is 2. The van der Waals surface area contributed by atoms with E-state index in [2.05, 4.69) is 15.6 Å². The van der Waals surface area contributed by atoms with E-state index in [0.29, 0.717) is 30.8 Å². The van der Waals surface area contributed by atoms with E-state index in [9.17, 15) is 9.59 Å². The molecule has 0 fully saturated rings. The summed E-state index contributed by atoms with van der Waals surface area (Å²) in [4.78, 5) is 28.2. The summed E-state index contributed by atoms with van der Waals surface area (Å²) in [5.41, 5.74) is 3.06. The van der Waals surface area contributed by atoms with Crippen LogP contribution in [0, 0.1) is 0 Å². The monoisotopic (exact) mass is 389 g/mol. The molecule has 0 aliphatic carbocycles. The van der Waals surface area contributed by atoms with Crippen LogP contribution in [0.5, 0.6) is 5.75 Å². The van der Waals surface area contributed by atoms with Gasteiger partial charge in [-0.05, 0) is 54.4 Å². The van der Waals surface area contributed by atoms with Gasteiger partial charge >= 0.3 is 0 Å². The highest BCUT2D eigenvalue weighted by Gasteiger charge is 2.07. The summed E-state index contributed by atoms with van der Waals surface area (Å²) >= 11 is 0. The van der Waals surface area contributed by atoms with Crippen molar-refractivity contribution in [3.63, 3.8) is 0 Å². The van der Waals surface area contributed by atoms with Crippen LogP contribution in [-0.4, -0.2) is 23.4 Å². The van der Waals surface area contributed by atoms with Crippen LogP contribution in [0.25, 0.3) is 0 Å². The molecular weight excluding hydrogens is 366 g/mol. The summed E-state index contributed by atoms with van der Waals surface area (Å²) in [6.45, 7) is 2.97. The molecule has 0 bridgehead atoms. The fraction of sp³-hybridized carbons (Fsp3) is 0.174. The Morgan fingerprint density at radius 3 is 2.34 bits per heavy atom. The van der Waals surface area contributed by atoms with Crippen molar-refractivity contribution in [3.05, 3.63) is 89.7 Å². The van der Waals surface area contributed by atoms with Crippen molar-refractivity contribution in [1.29, 1.82) is 0 Å². The molecule has 2 N–H and O–H groups in total. The molecule has 0 unspecified atom stereocenters. The highest BCUT2D eigenvalue weighted by Crippen LogP contribution is 2.13. The Balaban J connectivity index is 1.47. The summed E-state index contributed by atoms with van der Waals surface area (Å²) in [5, 5.41) is 5.73. The summed E-state index contributed by atoms with van der Waals surface area (Å²) in [7, 11) is 0. The minimum absolute atomic E-state index is 0.0527. The first-order valence-electron chi connectivity index (χ1n) is 9.43. The predicted molar refractivity (Wildman–Crippen MR) is 112 cm³/mol. The van der Waals surface area contributed by atoms with Gasteiger partial charge in [-0.2, -0.15) is 0 Å². The molecule has 29 heavy (non-hydrogen) atoms. The Hall–Kier alpha value is -3.67. The van der Waals surface area contributed by atoms with E-state index < -0.39 is 0 Å². The zero-order chi connectivity index (χ0) is 20.5. The zero-order valence-electron chi connectivity index (χ0n) is 16.2. The topological polar surface area (TPSA) is 80.3 Å². The van der Waals surface area contributed by atoms with Crippen LogP contribution in [0.1, 0.15) is 28.4 Å². The summed E-state index contributed by atoms with van der Waals surface area (Å²) in [6, 6.07) is 18.3. The Kier molecular flexibility index (Phi) is 6.95. The van der Waals surface area contributed by atoms with Crippen LogP contribution >= 0.6 is 0 Å². The third-order valence-corrected chi connectivity index (χ3v) is 4.22. The van der Waals surface area contributed by atoms with Crippen LogP contribution in [0.4, 0.5) is 5.69 Å². The fourth-order valence-corrected chi connectivity index (χ4v) is 2.73. The van der Waals surface area contributed by atoms with Crippen LogP contribution in [0.15, 0.2) is 73.1 Å². The van der Waals surface area contributed by atoms with Gasteiger partial charge in [0.2, 0.25) is 5.91 Å². The van der Waals surface area contributed by atoms with E-state index in [1.807, 2.05) is 55.5 Å². The Morgan fingerprint density at radius 1 is 0.966 bits per heavy atom. The first-order chi connectivity index (χ1) is 14.1. The van der Waals surface area contributed by atoms with E-state index in [1.165, 1.54) is 6.20 Å². The van der Waals surface area contributed by atoms with Crippen molar-refractivity contribution in [2.45, 2.75) is 19.9 Å². The van der Waals surface area contributed by atoms with E-state index in [0.717, 1.165) is 16.9 Å². The van der Waals surface area contributed by atoms with Gasteiger partial charge in [-0.3, -0.25) is 14.6 Å². The van der Waals surface area contributed by atoms with Gasteiger partial charge in [0.25, 0.3) is 5.91 Å². The van der Waals surface area contributed by atoms with Gasteiger partial charge in [-0.1, -0.05) is 24.3 Å². The van der Waals surface area contributed by atoms with Gasteiger partial charge < -0.3 is 15.4 Å². The second-order valence-electron chi connectivity index (χ2n) is 6.42. The van der Waals surface area contributed by atoms with Crippen molar-refractivity contribution in [2.24, 2.45) is 0 Å². The molecule has 0 aliphatic heterocycles. The molecule has 0 spiro atoms.